The van der Waals surface area contributed by atoms with Crippen LogP contribution < -0.4 is 0 Å². The van der Waals surface area contributed by atoms with E-state index in [1.165, 1.54) is 4.90 Å². The van der Waals surface area contributed by atoms with E-state index in [2.05, 4.69) is 15.9 Å². The minimum atomic E-state index is -0.757. The number of carbonyl (C=O) groups is 2. The molecule has 0 atom stereocenters. The first kappa shape index (κ1) is 14.6. The van der Waals surface area contributed by atoms with Crippen molar-refractivity contribution in [2.75, 3.05) is 0 Å². The largest absolute Gasteiger partial charge is 0.393 e. The SMILES string of the molecule is O=C1c2ccccc2C(=O)N1C1(c2ccc(Br)cc2)CC(O)C1. The zero-order valence-electron chi connectivity index (χ0n) is 12.2. The first-order valence-electron chi connectivity index (χ1n) is 7.45. The standard InChI is InChI=1S/C18H14BrNO3/c19-12-7-5-11(6-8-12)18(9-13(21)10-18)20-16(22)14-3-1-2-4-15(14)17(20)23/h1-8,13,21H,9-10H2. The molecule has 1 heterocycles. The van der Waals surface area contributed by atoms with Crippen LogP contribution in [0.5, 0.6) is 0 Å². The number of benzene rings is 2. The van der Waals surface area contributed by atoms with Gasteiger partial charge in [-0.05, 0) is 29.8 Å². The second kappa shape index (κ2) is 5.01. The molecule has 1 aliphatic carbocycles. The number of amides is 2. The van der Waals surface area contributed by atoms with E-state index in [1.807, 2.05) is 24.3 Å². The monoisotopic (exact) mass is 371 g/mol. The van der Waals surface area contributed by atoms with Gasteiger partial charge in [0.1, 0.15) is 0 Å². The summed E-state index contributed by atoms with van der Waals surface area (Å²) >= 11 is 3.40. The van der Waals surface area contributed by atoms with Crippen LogP contribution in [0.15, 0.2) is 53.0 Å². The average Bonchev–Trinajstić information content (AvgIpc) is 2.77. The summed E-state index contributed by atoms with van der Waals surface area (Å²) in [4.78, 5) is 27.0. The number of imide groups is 1. The van der Waals surface area contributed by atoms with Crippen molar-refractivity contribution in [3.63, 3.8) is 0 Å². The lowest BCUT2D eigenvalue weighted by atomic mass is 9.68. The summed E-state index contributed by atoms with van der Waals surface area (Å²) in [6.07, 6.45) is 0.253. The zero-order valence-corrected chi connectivity index (χ0v) is 13.8. The van der Waals surface area contributed by atoms with Crippen LogP contribution in [0, 0.1) is 0 Å². The molecule has 4 nitrogen and oxygen atoms in total. The Labute approximate surface area is 141 Å². The molecule has 0 radical (unpaired) electrons. The van der Waals surface area contributed by atoms with Crippen molar-refractivity contribution in [1.29, 1.82) is 0 Å². The smallest absolute Gasteiger partial charge is 0.262 e. The summed E-state index contributed by atoms with van der Waals surface area (Å²) in [7, 11) is 0. The molecule has 116 valence electrons. The van der Waals surface area contributed by atoms with Crippen molar-refractivity contribution in [1.82, 2.24) is 4.90 Å². The van der Waals surface area contributed by atoms with Gasteiger partial charge < -0.3 is 5.11 Å². The minimum Gasteiger partial charge on any atom is -0.393 e. The minimum absolute atomic E-state index is 0.277. The number of aliphatic hydroxyl groups excluding tert-OH is 1. The number of hydrogen-bond acceptors (Lipinski definition) is 3. The molecule has 1 saturated carbocycles. The molecule has 4 rings (SSSR count). The maximum absolute atomic E-state index is 12.8. The van der Waals surface area contributed by atoms with Crippen LogP contribution in [0.2, 0.25) is 0 Å². The molecule has 2 aromatic rings. The molecule has 0 aromatic heterocycles. The lowest BCUT2D eigenvalue weighted by molar-refractivity contribution is -0.0507. The summed E-state index contributed by atoms with van der Waals surface area (Å²) in [5.74, 6) is -0.555. The predicted octanol–water partition coefficient (Wildman–Crippen LogP) is 3.10. The molecule has 0 spiro atoms. The van der Waals surface area contributed by atoms with E-state index in [-0.39, 0.29) is 11.8 Å². The Morgan fingerprint density at radius 1 is 0.957 bits per heavy atom. The van der Waals surface area contributed by atoms with Crippen molar-refractivity contribution in [3.05, 3.63) is 69.7 Å². The van der Waals surface area contributed by atoms with E-state index in [1.54, 1.807) is 24.3 Å². The molecule has 2 amide bonds. The predicted molar refractivity (Wildman–Crippen MR) is 88.0 cm³/mol. The van der Waals surface area contributed by atoms with Gasteiger partial charge in [0, 0.05) is 17.3 Å². The van der Waals surface area contributed by atoms with E-state index in [4.69, 9.17) is 0 Å². The molecule has 23 heavy (non-hydrogen) atoms. The van der Waals surface area contributed by atoms with Gasteiger partial charge >= 0.3 is 0 Å². The third-order valence-electron chi connectivity index (χ3n) is 4.75. The van der Waals surface area contributed by atoms with Gasteiger partial charge in [-0.1, -0.05) is 40.2 Å². The maximum Gasteiger partial charge on any atom is 0.262 e. The van der Waals surface area contributed by atoms with Crippen molar-refractivity contribution in [2.45, 2.75) is 24.5 Å². The van der Waals surface area contributed by atoms with E-state index in [0.29, 0.717) is 24.0 Å². The fourth-order valence-corrected chi connectivity index (χ4v) is 3.87. The molecule has 0 bridgehead atoms. The molecular formula is C18H14BrNO3. The second-order valence-corrected chi connectivity index (χ2v) is 7.01. The number of hydrogen-bond donors (Lipinski definition) is 1. The van der Waals surface area contributed by atoms with Gasteiger partial charge in [0.2, 0.25) is 0 Å². The number of nitrogens with zero attached hydrogens (tertiary/aromatic N) is 1. The van der Waals surface area contributed by atoms with Gasteiger partial charge in [-0.15, -0.1) is 0 Å². The van der Waals surface area contributed by atoms with Gasteiger partial charge in [0.25, 0.3) is 11.8 Å². The Morgan fingerprint density at radius 2 is 1.48 bits per heavy atom. The van der Waals surface area contributed by atoms with Crippen LogP contribution in [0.25, 0.3) is 0 Å². The van der Waals surface area contributed by atoms with Crippen LogP contribution >= 0.6 is 15.9 Å². The number of rotatable bonds is 2. The van der Waals surface area contributed by atoms with Crippen LogP contribution in [-0.4, -0.2) is 27.9 Å². The fraction of sp³-hybridized carbons (Fsp3) is 0.222. The summed E-state index contributed by atoms with van der Waals surface area (Å²) < 4.78 is 0.929. The Kier molecular flexibility index (Phi) is 3.18. The number of halogens is 1. The quantitative estimate of drug-likeness (QED) is 0.825. The molecule has 5 heteroatoms. The molecule has 2 aliphatic rings. The number of aliphatic hydroxyl groups is 1. The highest BCUT2D eigenvalue weighted by Gasteiger charge is 2.56. The third kappa shape index (κ3) is 2.00. The highest BCUT2D eigenvalue weighted by atomic mass is 79.9. The summed E-state index contributed by atoms with van der Waals surface area (Å²) in [5.41, 5.74) is 0.999. The summed E-state index contributed by atoms with van der Waals surface area (Å²) in [6, 6.07) is 14.5. The average molecular weight is 372 g/mol. The maximum atomic E-state index is 12.8. The lowest BCUT2D eigenvalue weighted by Crippen LogP contribution is -2.59. The van der Waals surface area contributed by atoms with E-state index in [0.717, 1.165) is 10.0 Å². The number of fused-ring (bicyclic) bond motifs is 1. The third-order valence-corrected chi connectivity index (χ3v) is 5.28. The Hall–Kier alpha value is -1.98. The molecule has 1 N–H and O–H groups in total. The highest BCUT2D eigenvalue weighted by molar-refractivity contribution is 9.10. The summed E-state index contributed by atoms with van der Waals surface area (Å²) in [6.45, 7) is 0. The van der Waals surface area contributed by atoms with Crippen LogP contribution in [0.3, 0.4) is 0 Å². The highest BCUT2D eigenvalue weighted by Crippen LogP contribution is 2.49. The Bertz CT molecular complexity index is 774. The van der Waals surface area contributed by atoms with Gasteiger partial charge in [0.05, 0.1) is 22.8 Å². The van der Waals surface area contributed by atoms with Crippen molar-refractivity contribution in [3.8, 4) is 0 Å². The van der Waals surface area contributed by atoms with Gasteiger partial charge in [-0.3, -0.25) is 14.5 Å². The van der Waals surface area contributed by atoms with E-state index < -0.39 is 11.6 Å². The van der Waals surface area contributed by atoms with E-state index >= 15 is 0 Å². The van der Waals surface area contributed by atoms with Crippen LogP contribution in [0.4, 0.5) is 0 Å². The molecule has 0 unspecified atom stereocenters. The van der Waals surface area contributed by atoms with Crippen molar-refractivity contribution in [2.24, 2.45) is 0 Å². The van der Waals surface area contributed by atoms with E-state index in [9.17, 15) is 14.7 Å². The zero-order chi connectivity index (χ0) is 16.2. The molecule has 1 aliphatic heterocycles. The topological polar surface area (TPSA) is 57.6 Å². The molecular weight excluding hydrogens is 358 g/mol. The first-order chi connectivity index (χ1) is 11.0. The van der Waals surface area contributed by atoms with Crippen LogP contribution in [-0.2, 0) is 5.54 Å². The fourth-order valence-electron chi connectivity index (χ4n) is 3.61. The molecule has 1 fully saturated rings. The van der Waals surface area contributed by atoms with Gasteiger partial charge in [-0.25, -0.2) is 0 Å². The van der Waals surface area contributed by atoms with Crippen LogP contribution in [0.1, 0.15) is 39.1 Å². The molecule has 2 aromatic carbocycles. The Balaban J connectivity index is 1.82. The molecule has 0 saturated heterocycles. The van der Waals surface area contributed by atoms with Crippen molar-refractivity contribution >= 4 is 27.7 Å². The normalized spacial score (nSPS) is 26.2. The number of carbonyl (C=O) groups excluding carboxylic acids is 2. The second-order valence-electron chi connectivity index (χ2n) is 6.09. The summed E-state index contributed by atoms with van der Waals surface area (Å²) in [5, 5.41) is 9.89. The van der Waals surface area contributed by atoms with Crippen molar-refractivity contribution < 1.29 is 14.7 Å². The van der Waals surface area contributed by atoms with Gasteiger partial charge in [0.15, 0.2) is 0 Å². The first-order valence-corrected chi connectivity index (χ1v) is 8.24. The lowest BCUT2D eigenvalue weighted by Gasteiger charge is -2.50. The van der Waals surface area contributed by atoms with Gasteiger partial charge in [-0.2, -0.15) is 0 Å². The Morgan fingerprint density at radius 3 is 1.96 bits per heavy atom.